The fraction of sp³-hybridized carbons (Fsp3) is 0.222. The van der Waals surface area contributed by atoms with E-state index in [-0.39, 0.29) is 6.71 Å². The van der Waals surface area contributed by atoms with Crippen LogP contribution in [0.1, 0.15) is 87.2 Å². The molecule has 58 heavy (non-hydrogen) atoms. The zero-order valence-corrected chi connectivity index (χ0v) is 33.1. The highest BCUT2D eigenvalue weighted by Crippen LogP contribution is 2.45. The van der Waals surface area contributed by atoms with Gasteiger partial charge in [-0.05, 0) is 118 Å². The molecule has 7 aromatic rings. The van der Waals surface area contributed by atoms with Crippen LogP contribution in [0.4, 0.5) is 17.1 Å². The van der Waals surface area contributed by atoms with Gasteiger partial charge in [0.15, 0.2) is 0 Å². The van der Waals surface area contributed by atoms with Gasteiger partial charge in [-0.1, -0.05) is 148 Å². The molecule has 2 fully saturated rings. The topological polar surface area (TPSA) is 21.7 Å². The van der Waals surface area contributed by atoms with Crippen LogP contribution in [-0.4, -0.2) is 6.71 Å². The minimum absolute atomic E-state index is 0.0290. The average Bonchev–Trinajstić information content (AvgIpc) is 3.30. The number of anilines is 3. The standard InChI is InChI=1S/C54H48BNO2/c1-5-17-37(18-6-1)44-25-13-15-27-46(44)39-29-31-48-50(33-39)57-52-35-43(56(41-21-9-3-10-22-41)42-23-11-4-12-24-42)36-53-54(52)55(48)49-32-30-40(34-51(49)58-53)47-28-16-14-26-45(47)38-19-7-2-8-20-38/h3-4,9-16,21-38H,1-2,5-8,17-20H2. The van der Waals surface area contributed by atoms with Gasteiger partial charge in [0.05, 0.1) is 5.69 Å². The first-order chi connectivity index (χ1) is 28.8. The van der Waals surface area contributed by atoms with Gasteiger partial charge in [-0.25, -0.2) is 0 Å². The lowest BCUT2D eigenvalue weighted by Crippen LogP contribution is -2.57. The second-order valence-corrected chi connectivity index (χ2v) is 16.8. The third-order valence-corrected chi connectivity index (χ3v) is 13.4. The summed E-state index contributed by atoms with van der Waals surface area (Å²) in [6.07, 6.45) is 13.0. The number of ether oxygens (including phenoxy) is 2. The Morgan fingerprint density at radius 2 is 0.828 bits per heavy atom. The van der Waals surface area contributed by atoms with Crippen LogP contribution < -0.4 is 30.8 Å². The number of para-hydroxylation sites is 2. The molecule has 4 aliphatic rings. The van der Waals surface area contributed by atoms with Crippen molar-refractivity contribution in [2.45, 2.75) is 76.0 Å². The molecule has 3 nitrogen and oxygen atoms in total. The molecule has 11 rings (SSSR count). The number of hydrogen-bond acceptors (Lipinski definition) is 3. The van der Waals surface area contributed by atoms with Crippen LogP contribution in [0.2, 0.25) is 0 Å². The van der Waals surface area contributed by atoms with Crippen LogP contribution in [-0.2, 0) is 0 Å². The molecule has 0 saturated heterocycles. The van der Waals surface area contributed by atoms with Gasteiger partial charge < -0.3 is 14.4 Å². The Hall–Kier alpha value is -6.00. The van der Waals surface area contributed by atoms with Crippen molar-refractivity contribution < 1.29 is 9.47 Å². The molecule has 0 amide bonds. The Bertz CT molecular complexity index is 2430. The summed E-state index contributed by atoms with van der Waals surface area (Å²) < 4.78 is 14.2. The Morgan fingerprint density at radius 3 is 1.29 bits per heavy atom. The van der Waals surface area contributed by atoms with Crippen LogP contribution in [0.3, 0.4) is 0 Å². The molecule has 284 valence electrons. The van der Waals surface area contributed by atoms with Crippen LogP contribution in [0.15, 0.2) is 158 Å². The van der Waals surface area contributed by atoms with Gasteiger partial charge in [-0.15, -0.1) is 0 Å². The van der Waals surface area contributed by atoms with Crippen molar-refractivity contribution in [1.82, 2.24) is 0 Å². The van der Waals surface area contributed by atoms with E-state index in [9.17, 15) is 0 Å². The predicted octanol–water partition coefficient (Wildman–Crippen LogP) is 13.3. The molecule has 4 heteroatoms. The highest BCUT2D eigenvalue weighted by atomic mass is 16.5. The molecule has 2 aliphatic carbocycles. The highest BCUT2D eigenvalue weighted by molar-refractivity contribution is 6.98. The molecule has 2 aliphatic heterocycles. The van der Waals surface area contributed by atoms with Gasteiger partial charge >= 0.3 is 0 Å². The Morgan fingerprint density at radius 1 is 0.397 bits per heavy atom. The molecule has 0 spiro atoms. The van der Waals surface area contributed by atoms with Crippen molar-refractivity contribution in [2.75, 3.05) is 4.90 Å². The number of rotatable bonds is 7. The number of benzene rings is 7. The van der Waals surface area contributed by atoms with E-state index in [2.05, 4.69) is 163 Å². The average molecular weight is 754 g/mol. The molecule has 7 aromatic carbocycles. The third kappa shape index (κ3) is 6.31. The third-order valence-electron chi connectivity index (χ3n) is 13.4. The summed E-state index contributed by atoms with van der Waals surface area (Å²) in [6.45, 7) is -0.0290. The maximum atomic E-state index is 7.12. The molecule has 0 bridgehead atoms. The molecule has 0 N–H and O–H groups in total. The summed E-state index contributed by atoms with van der Waals surface area (Å²) in [5.74, 6) is 4.74. The van der Waals surface area contributed by atoms with Crippen LogP contribution in [0.5, 0.6) is 23.0 Å². The molecule has 0 atom stereocenters. The Kier molecular flexibility index (Phi) is 9.14. The normalized spacial score (nSPS) is 16.0. The summed E-state index contributed by atoms with van der Waals surface area (Å²) in [5.41, 5.74) is 14.7. The maximum Gasteiger partial charge on any atom is 0.260 e. The molecule has 0 unspecified atom stereocenters. The summed E-state index contributed by atoms with van der Waals surface area (Å²) >= 11 is 0. The van der Waals surface area contributed by atoms with E-state index in [0.717, 1.165) is 45.5 Å². The van der Waals surface area contributed by atoms with Crippen molar-refractivity contribution in [2.24, 2.45) is 0 Å². The Balaban J connectivity index is 1.07. The van der Waals surface area contributed by atoms with Gasteiger partial charge in [0, 0.05) is 29.0 Å². The van der Waals surface area contributed by atoms with Crippen molar-refractivity contribution in [3.05, 3.63) is 169 Å². The minimum Gasteiger partial charge on any atom is -0.458 e. The van der Waals surface area contributed by atoms with E-state index in [4.69, 9.17) is 9.47 Å². The van der Waals surface area contributed by atoms with Gasteiger partial charge in [0.1, 0.15) is 23.0 Å². The first-order valence-corrected chi connectivity index (χ1v) is 21.7. The second-order valence-electron chi connectivity index (χ2n) is 16.8. The van der Waals surface area contributed by atoms with E-state index < -0.39 is 0 Å². The van der Waals surface area contributed by atoms with Gasteiger partial charge in [0.2, 0.25) is 0 Å². The van der Waals surface area contributed by atoms with E-state index >= 15 is 0 Å². The summed E-state index contributed by atoms with van der Waals surface area (Å²) in [5, 5.41) is 0. The summed E-state index contributed by atoms with van der Waals surface area (Å²) in [7, 11) is 0. The zero-order chi connectivity index (χ0) is 38.4. The number of fused-ring (bicyclic) bond motifs is 4. The first-order valence-electron chi connectivity index (χ1n) is 21.7. The van der Waals surface area contributed by atoms with Crippen molar-refractivity contribution in [3.63, 3.8) is 0 Å². The molecular formula is C54H48BNO2. The fourth-order valence-electron chi connectivity index (χ4n) is 10.6. The first kappa shape index (κ1) is 35.2. The summed E-state index contributed by atoms with van der Waals surface area (Å²) in [6, 6.07) is 57.7. The Labute approximate surface area is 343 Å². The van der Waals surface area contributed by atoms with Crippen LogP contribution >= 0.6 is 0 Å². The molecular weight excluding hydrogens is 705 g/mol. The van der Waals surface area contributed by atoms with E-state index in [1.54, 1.807) is 0 Å². The lowest BCUT2D eigenvalue weighted by molar-refractivity contribution is 0.444. The smallest absolute Gasteiger partial charge is 0.260 e. The maximum absolute atomic E-state index is 7.12. The SMILES string of the molecule is c1ccc(N(c2ccccc2)c2cc3c4c(c2)Oc2cc(-c5ccccc5C5CCCCC5)ccc2B4c2ccc(-c4ccccc4C4CCCCC4)cc2O3)cc1. The number of hydrogen-bond donors (Lipinski definition) is 0. The fourth-order valence-corrected chi connectivity index (χ4v) is 10.6. The molecule has 0 aromatic heterocycles. The van der Waals surface area contributed by atoms with Gasteiger partial charge in [-0.2, -0.15) is 0 Å². The highest BCUT2D eigenvalue weighted by Gasteiger charge is 2.41. The van der Waals surface area contributed by atoms with Gasteiger partial charge in [0.25, 0.3) is 6.71 Å². The van der Waals surface area contributed by atoms with E-state index in [1.165, 1.54) is 109 Å². The van der Waals surface area contributed by atoms with Crippen LogP contribution in [0.25, 0.3) is 22.3 Å². The minimum atomic E-state index is -0.0290. The molecule has 2 heterocycles. The van der Waals surface area contributed by atoms with Crippen LogP contribution in [0, 0.1) is 0 Å². The van der Waals surface area contributed by atoms with Crippen molar-refractivity contribution in [3.8, 4) is 45.3 Å². The predicted molar refractivity (Wildman–Crippen MR) is 241 cm³/mol. The van der Waals surface area contributed by atoms with Crippen molar-refractivity contribution >= 4 is 40.2 Å². The lowest BCUT2D eigenvalue weighted by atomic mass is 9.34. The van der Waals surface area contributed by atoms with E-state index in [1.807, 2.05) is 0 Å². The largest absolute Gasteiger partial charge is 0.458 e. The number of nitrogens with zero attached hydrogens (tertiary/aromatic N) is 1. The molecule has 2 saturated carbocycles. The van der Waals surface area contributed by atoms with Crippen molar-refractivity contribution in [1.29, 1.82) is 0 Å². The zero-order valence-electron chi connectivity index (χ0n) is 33.1. The monoisotopic (exact) mass is 753 g/mol. The second kappa shape index (κ2) is 15.1. The lowest BCUT2D eigenvalue weighted by Gasteiger charge is -2.35. The van der Waals surface area contributed by atoms with E-state index in [0.29, 0.717) is 11.8 Å². The quantitative estimate of drug-likeness (QED) is 0.151. The molecule has 0 radical (unpaired) electrons. The van der Waals surface area contributed by atoms with Gasteiger partial charge in [-0.3, -0.25) is 0 Å². The summed E-state index contributed by atoms with van der Waals surface area (Å²) in [4.78, 5) is 2.30.